The second-order valence-corrected chi connectivity index (χ2v) is 8.14. The summed E-state index contributed by atoms with van der Waals surface area (Å²) < 4.78 is 13.1. The highest BCUT2D eigenvalue weighted by atomic mass is 32.2. The molecule has 0 aliphatic carbocycles. The number of nitrogens with zero attached hydrogens (tertiary/aromatic N) is 3. The number of amidine groups is 2. The molecule has 32 heavy (non-hydrogen) atoms. The van der Waals surface area contributed by atoms with Crippen molar-refractivity contribution >= 4 is 46.0 Å². The predicted octanol–water partition coefficient (Wildman–Crippen LogP) is 4.53. The lowest BCUT2D eigenvalue weighted by atomic mass is 10.1. The third-order valence-electron chi connectivity index (χ3n) is 5.05. The maximum atomic E-state index is 13.3. The quantitative estimate of drug-likeness (QED) is 0.643. The van der Waals surface area contributed by atoms with Crippen molar-refractivity contribution in [2.24, 2.45) is 9.98 Å². The van der Waals surface area contributed by atoms with Gasteiger partial charge in [0.05, 0.1) is 11.4 Å². The number of thioether (sulfide) groups is 1. The average molecular weight is 444 g/mol. The van der Waals surface area contributed by atoms with Crippen LogP contribution in [0.2, 0.25) is 0 Å². The van der Waals surface area contributed by atoms with Crippen molar-refractivity contribution in [3.8, 4) is 0 Å². The molecule has 0 saturated carbocycles. The van der Waals surface area contributed by atoms with Gasteiger partial charge in [0.15, 0.2) is 11.2 Å². The monoisotopic (exact) mass is 444 g/mol. The van der Waals surface area contributed by atoms with E-state index in [2.05, 4.69) is 10.3 Å². The van der Waals surface area contributed by atoms with E-state index in [0.717, 1.165) is 22.9 Å². The molecule has 0 spiro atoms. The Kier molecular flexibility index (Phi) is 5.28. The number of carbonyl (C=O) groups excluding carboxylic acids is 2. The van der Waals surface area contributed by atoms with Crippen LogP contribution in [0.5, 0.6) is 0 Å². The first-order valence-electron chi connectivity index (χ1n) is 9.93. The second-order valence-electron chi connectivity index (χ2n) is 7.19. The zero-order valence-electron chi connectivity index (χ0n) is 16.7. The molecular weight excluding hydrogens is 427 g/mol. The van der Waals surface area contributed by atoms with Gasteiger partial charge in [-0.25, -0.2) is 19.3 Å². The largest absolute Gasteiger partial charge is 0.325 e. The van der Waals surface area contributed by atoms with Crippen LogP contribution in [0.25, 0.3) is 0 Å². The summed E-state index contributed by atoms with van der Waals surface area (Å²) in [5.41, 5.74) is 2.77. The van der Waals surface area contributed by atoms with E-state index in [-0.39, 0.29) is 23.4 Å². The summed E-state index contributed by atoms with van der Waals surface area (Å²) in [4.78, 5) is 36.6. The zero-order valence-corrected chi connectivity index (χ0v) is 17.6. The Hall–Kier alpha value is -3.78. The Morgan fingerprint density at radius 2 is 1.72 bits per heavy atom. The van der Waals surface area contributed by atoms with Crippen molar-refractivity contribution in [1.29, 1.82) is 0 Å². The van der Waals surface area contributed by atoms with Crippen LogP contribution in [0.4, 0.5) is 15.8 Å². The lowest BCUT2D eigenvalue weighted by Crippen LogP contribution is -2.40. The summed E-state index contributed by atoms with van der Waals surface area (Å²) in [5, 5.41) is 3.12. The van der Waals surface area contributed by atoms with Gasteiger partial charge in [-0.1, -0.05) is 54.2 Å². The summed E-state index contributed by atoms with van der Waals surface area (Å²) in [6.07, 6.45) is 0. The van der Waals surface area contributed by atoms with Crippen molar-refractivity contribution in [1.82, 2.24) is 4.90 Å². The Bertz CT molecular complexity index is 1260. The van der Waals surface area contributed by atoms with Crippen LogP contribution >= 0.6 is 11.8 Å². The summed E-state index contributed by atoms with van der Waals surface area (Å²) in [5.74, 6) is -0.291. The average Bonchev–Trinajstić information content (AvgIpc) is 3.17. The van der Waals surface area contributed by atoms with Crippen LogP contribution in [0, 0.1) is 5.82 Å². The Morgan fingerprint density at radius 1 is 1.00 bits per heavy atom. The molecular formula is C24H17FN4O2S. The van der Waals surface area contributed by atoms with Gasteiger partial charge in [-0.2, -0.15) is 0 Å². The van der Waals surface area contributed by atoms with E-state index >= 15 is 0 Å². The molecule has 6 nitrogen and oxygen atoms in total. The summed E-state index contributed by atoms with van der Waals surface area (Å²) >= 11 is 1.16. The number of rotatable bonds is 4. The van der Waals surface area contributed by atoms with Crippen molar-refractivity contribution < 1.29 is 14.0 Å². The molecule has 2 amide bonds. The van der Waals surface area contributed by atoms with Crippen molar-refractivity contribution in [3.63, 3.8) is 0 Å². The van der Waals surface area contributed by atoms with Crippen LogP contribution in [0.3, 0.4) is 0 Å². The highest BCUT2D eigenvalue weighted by molar-refractivity contribution is 8.14. The number of fused-ring (bicyclic) bond motifs is 3. The number of hydrogen-bond acceptors (Lipinski definition) is 5. The predicted molar refractivity (Wildman–Crippen MR) is 124 cm³/mol. The molecule has 0 saturated heterocycles. The Labute approximate surface area is 187 Å². The highest BCUT2D eigenvalue weighted by Crippen LogP contribution is 2.37. The summed E-state index contributed by atoms with van der Waals surface area (Å²) in [6.45, 7) is 0. The minimum Gasteiger partial charge on any atom is -0.325 e. The van der Waals surface area contributed by atoms with E-state index in [0.29, 0.717) is 22.4 Å². The fraction of sp³-hybridized carbons (Fsp3) is 0.0833. The molecule has 0 fully saturated rings. The zero-order chi connectivity index (χ0) is 22.1. The maximum Gasteiger partial charge on any atom is 0.263 e. The molecule has 0 bridgehead atoms. The molecule has 0 aromatic heterocycles. The number of para-hydroxylation sites is 1. The second kappa shape index (κ2) is 8.39. The smallest absolute Gasteiger partial charge is 0.263 e. The molecule has 1 atom stereocenters. The number of carbonyl (C=O) groups is 2. The minimum atomic E-state index is -0.656. The molecule has 3 aromatic carbocycles. The number of nitrogens with one attached hydrogen (secondary N) is 1. The number of aliphatic imine (C=N–C) groups is 2. The first-order valence-corrected chi connectivity index (χ1v) is 10.9. The van der Waals surface area contributed by atoms with Gasteiger partial charge in [-0.15, -0.1) is 0 Å². The van der Waals surface area contributed by atoms with E-state index in [1.54, 1.807) is 0 Å². The van der Waals surface area contributed by atoms with E-state index in [1.807, 2.05) is 54.6 Å². The van der Waals surface area contributed by atoms with Crippen molar-refractivity contribution in [2.75, 3.05) is 11.1 Å². The number of benzene rings is 3. The van der Waals surface area contributed by atoms with Gasteiger partial charge in [0.1, 0.15) is 11.7 Å². The molecule has 3 aromatic rings. The highest BCUT2D eigenvalue weighted by Gasteiger charge is 2.42. The molecule has 8 heteroatoms. The van der Waals surface area contributed by atoms with Gasteiger partial charge >= 0.3 is 0 Å². The third kappa shape index (κ3) is 3.80. The first kappa shape index (κ1) is 20.1. The van der Waals surface area contributed by atoms with E-state index < -0.39 is 6.04 Å². The lowest BCUT2D eigenvalue weighted by Gasteiger charge is -2.25. The number of hydrogen-bond donors (Lipinski definition) is 1. The standard InChI is InChI=1S/C24H17FN4O2S/c25-16-10-12-17(13-11-16)26-20(30)14-32-24-27-19-9-5-4-8-18(19)22-28-21(23(31)29(22)24)15-6-2-1-3-7-15/h1-13,21H,14H2,(H,26,30)/t21-/m0/s1. The molecule has 5 rings (SSSR count). The Balaban J connectivity index is 1.40. The fourth-order valence-corrected chi connectivity index (χ4v) is 4.36. The van der Waals surface area contributed by atoms with Gasteiger partial charge in [0.25, 0.3) is 5.91 Å². The van der Waals surface area contributed by atoms with Crippen LogP contribution in [-0.2, 0) is 9.59 Å². The van der Waals surface area contributed by atoms with E-state index in [9.17, 15) is 14.0 Å². The number of amides is 2. The first-order chi connectivity index (χ1) is 15.6. The molecule has 0 radical (unpaired) electrons. The van der Waals surface area contributed by atoms with Crippen molar-refractivity contribution in [3.05, 3.63) is 95.8 Å². The van der Waals surface area contributed by atoms with Gasteiger partial charge in [-0.05, 0) is 42.0 Å². The normalized spacial score (nSPS) is 16.7. The molecule has 2 aliphatic rings. The van der Waals surface area contributed by atoms with Crippen molar-refractivity contribution in [2.45, 2.75) is 6.04 Å². The maximum absolute atomic E-state index is 13.3. The third-order valence-corrected chi connectivity index (χ3v) is 5.98. The summed E-state index contributed by atoms with van der Waals surface area (Å²) in [7, 11) is 0. The minimum absolute atomic E-state index is 0.0332. The van der Waals surface area contributed by atoms with Gasteiger partial charge in [-0.3, -0.25) is 9.59 Å². The van der Waals surface area contributed by atoms with Crippen LogP contribution in [0.15, 0.2) is 88.8 Å². The van der Waals surface area contributed by atoms with Crippen LogP contribution in [-0.4, -0.2) is 33.5 Å². The molecule has 2 aliphatic heterocycles. The van der Waals surface area contributed by atoms with Gasteiger partial charge in [0.2, 0.25) is 5.91 Å². The number of halogens is 1. The van der Waals surface area contributed by atoms with E-state index in [4.69, 9.17) is 4.99 Å². The SMILES string of the molecule is O=C(CSC1=Nc2ccccc2C2=N[C@@H](c3ccccc3)C(=O)N12)Nc1ccc(F)cc1. The van der Waals surface area contributed by atoms with Gasteiger partial charge in [0, 0.05) is 11.3 Å². The van der Waals surface area contributed by atoms with Crippen LogP contribution < -0.4 is 5.32 Å². The molecule has 158 valence electrons. The van der Waals surface area contributed by atoms with E-state index in [1.165, 1.54) is 29.2 Å². The fourth-order valence-electron chi connectivity index (χ4n) is 3.56. The number of anilines is 1. The Morgan fingerprint density at radius 3 is 2.50 bits per heavy atom. The topological polar surface area (TPSA) is 74.1 Å². The molecule has 0 unspecified atom stereocenters. The lowest BCUT2D eigenvalue weighted by molar-refractivity contribution is -0.124. The summed E-state index contributed by atoms with van der Waals surface area (Å²) in [6, 6.07) is 21.7. The van der Waals surface area contributed by atoms with Gasteiger partial charge < -0.3 is 5.32 Å². The van der Waals surface area contributed by atoms with Crippen LogP contribution in [0.1, 0.15) is 17.2 Å². The molecule has 2 heterocycles. The molecule has 1 N–H and O–H groups in total.